The molecule has 0 bridgehead atoms. The highest BCUT2D eigenvalue weighted by atomic mass is 35.5. The maximum absolute atomic E-state index is 13.1. The second kappa shape index (κ2) is 5.55. The fraction of sp³-hybridized carbons (Fsp3) is 0.571. The third-order valence-electron chi connectivity index (χ3n) is 4.10. The Hall–Kier alpha value is -0.640. The van der Waals surface area contributed by atoms with E-state index in [1.165, 1.54) is 18.6 Å². The lowest BCUT2D eigenvalue weighted by Gasteiger charge is -2.40. The van der Waals surface area contributed by atoms with Gasteiger partial charge in [0.2, 0.25) is 0 Å². The van der Waals surface area contributed by atoms with E-state index in [0.717, 1.165) is 25.7 Å². The largest absolute Gasteiger partial charge is 0.388 e. The third-order valence-corrected chi connectivity index (χ3v) is 4.38. The lowest BCUT2D eigenvalue weighted by molar-refractivity contribution is 0.000665. The van der Waals surface area contributed by atoms with E-state index in [4.69, 9.17) is 17.3 Å². The first-order chi connectivity index (χ1) is 8.59. The molecule has 1 unspecified atom stereocenters. The van der Waals surface area contributed by atoms with Crippen LogP contribution in [0.4, 0.5) is 4.39 Å². The molecule has 1 aromatic carbocycles. The molecule has 1 aliphatic rings. The Kier molecular flexibility index (Phi) is 4.25. The van der Waals surface area contributed by atoms with Gasteiger partial charge in [0, 0.05) is 12.0 Å². The minimum Gasteiger partial charge on any atom is -0.388 e. The summed E-state index contributed by atoms with van der Waals surface area (Å²) in [6, 6.07) is 4.40. The van der Waals surface area contributed by atoms with E-state index >= 15 is 0 Å². The zero-order chi connectivity index (χ0) is 13.2. The molecule has 0 radical (unpaired) electrons. The van der Waals surface area contributed by atoms with Crippen LogP contribution in [0.3, 0.4) is 0 Å². The summed E-state index contributed by atoms with van der Waals surface area (Å²) in [6.07, 6.45) is 4.53. The molecule has 0 spiro atoms. The van der Waals surface area contributed by atoms with Gasteiger partial charge < -0.3 is 10.8 Å². The van der Waals surface area contributed by atoms with E-state index in [-0.39, 0.29) is 10.4 Å². The summed E-state index contributed by atoms with van der Waals surface area (Å²) in [6.45, 7) is 0.448. The van der Waals surface area contributed by atoms with Gasteiger partial charge in [0.05, 0.1) is 11.1 Å². The molecule has 0 amide bonds. The van der Waals surface area contributed by atoms with E-state index in [9.17, 15) is 9.50 Å². The highest BCUT2D eigenvalue weighted by Crippen LogP contribution is 2.45. The third kappa shape index (κ3) is 2.53. The van der Waals surface area contributed by atoms with Gasteiger partial charge in [-0.1, -0.05) is 36.9 Å². The molecular formula is C14H19ClFNO. The summed E-state index contributed by atoms with van der Waals surface area (Å²) < 4.78 is 13.1. The zero-order valence-electron chi connectivity index (χ0n) is 10.3. The highest BCUT2D eigenvalue weighted by Gasteiger charge is 2.38. The number of benzene rings is 1. The van der Waals surface area contributed by atoms with Gasteiger partial charge in [-0.3, -0.25) is 0 Å². The van der Waals surface area contributed by atoms with E-state index in [2.05, 4.69) is 0 Å². The predicted octanol–water partition coefficient (Wildman–Crippen LogP) is 3.42. The van der Waals surface area contributed by atoms with Crippen molar-refractivity contribution >= 4 is 11.6 Å². The van der Waals surface area contributed by atoms with Crippen LogP contribution in [0, 0.1) is 11.2 Å². The van der Waals surface area contributed by atoms with Gasteiger partial charge in [0.25, 0.3) is 0 Å². The summed E-state index contributed by atoms with van der Waals surface area (Å²) in [5, 5.41) is 10.6. The summed E-state index contributed by atoms with van der Waals surface area (Å²) in [5.74, 6) is -0.460. The van der Waals surface area contributed by atoms with Crippen LogP contribution < -0.4 is 5.73 Å². The van der Waals surface area contributed by atoms with Crippen LogP contribution >= 0.6 is 11.6 Å². The van der Waals surface area contributed by atoms with Crippen molar-refractivity contribution in [2.75, 3.05) is 6.54 Å². The molecule has 1 fully saturated rings. The summed E-state index contributed by atoms with van der Waals surface area (Å²) >= 11 is 5.77. The first-order valence-electron chi connectivity index (χ1n) is 6.42. The van der Waals surface area contributed by atoms with Crippen molar-refractivity contribution in [2.45, 2.75) is 38.2 Å². The van der Waals surface area contributed by atoms with Gasteiger partial charge in [-0.15, -0.1) is 0 Å². The van der Waals surface area contributed by atoms with Crippen molar-refractivity contribution in [3.8, 4) is 0 Å². The van der Waals surface area contributed by atoms with Gasteiger partial charge in [-0.2, -0.15) is 0 Å². The Bertz CT molecular complexity index is 418. The maximum Gasteiger partial charge on any atom is 0.141 e. The topological polar surface area (TPSA) is 46.2 Å². The number of nitrogens with two attached hydrogens (primary N) is 1. The smallest absolute Gasteiger partial charge is 0.141 e. The molecule has 4 heteroatoms. The Morgan fingerprint density at radius 1 is 1.33 bits per heavy atom. The molecule has 1 aromatic rings. The number of hydrogen-bond donors (Lipinski definition) is 2. The molecular weight excluding hydrogens is 253 g/mol. The van der Waals surface area contributed by atoms with E-state index in [1.54, 1.807) is 6.07 Å². The van der Waals surface area contributed by atoms with Crippen LogP contribution in [0.15, 0.2) is 18.2 Å². The molecule has 0 aliphatic heterocycles. The lowest BCUT2D eigenvalue weighted by atomic mass is 9.68. The molecule has 1 atom stereocenters. The second-order valence-electron chi connectivity index (χ2n) is 5.20. The van der Waals surface area contributed by atoms with Crippen molar-refractivity contribution < 1.29 is 9.50 Å². The zero-order valence-corrected chi connectivity index (χ0v) is 11.1. The fourth-order valence-electron chi connectivity index (χ4n) is 2.88. The van der Waals surface area contributed by atoms with Gasteiger partial charge in [0.15, 0.2) is 0 Å². The van der Waals surface area contributed by atoms with Crippen molar-refractivity contribution in [3.63, 3.8) is 0 Å². The Balaban J connectivity index is 2.27. The minimum atomic E-state index is -0.666. The number of halogens is 2. The van der Waals surface area contributed by atoms with Crippen molar-refractivity contribution in [2.24, 2.45) is 11.1 Å². The number of rotatable bonds is 3. The summed E-state index contributed by atoms with van der Waals surface area (Å²) in [4.78, 5) is 0. The van der Waals surface area contributed by atoms with Crippen LogP contribution in [-0.4, -0.2) is 11.7 Å². The molecule has 0 heterocycles. The van der Waals surface area contributed by atoms with Crippen LogP contribution in [0.2, 0.25) is 5.02 Å². The molecule has 1 aliphatic carbocycles. The molecule has 0 saturated heterocycles. The number of aliphatic hydroxyl groups excluding tert-OH is 1. The molecule has 100 valence electrons. The average molecular weight is 272 g/mol. The molecule has 0 aromatic heterocycles. The first kappa shape index (κ1) is 13.8. The maximum atomic E-state index is 13.1. The number of hydrogen-bond acceptors (Lipinski definition) is 2. The minimum absolute atomic E-state index is 0.0505. The van der Waals surface area contributed by atoms with Gasteiger partial charge in [0.1, 0.15) is 5.82 Å². The summed E-state index contributed by atoms with van der Waals surface area (Å²) in [7, 11) is 0. The Morgan fingerprint density at radius 2 is 2.00 bits per heavy atom. The van der Waals surface area contributed by atoms with Gasteiger partial charge in [-0.25, -0.2) is 4.39 Å². The van der Waals surface area contributed by atoms with Crippen molar-refractivity contribution in [1.82, 2.24) is 0 Å². The highest BCUT2D eigenvalue weighted by molar-refractivity contribution is 6.30. The lowest BCUT2D eigenvalue weighted by Crippen LogP contribution is -2.38. The van der Waals surface area contributed by atoms with E-state index in [0.29, 0.717) is 12.1 Å². The molecule has 1 saturated carbocycles. The molecule has 18 heavy (non-hydrogen) atoms. The Morgan fingerprint density at radius 3 is 2.56 bits per heavy atom. The van der Waals surface area contributed by atoms with E-state index in [1.807, 2.05) is 0 Å². The predicted molar refractivity (Wildman–Crippen MR) is 70.9 cm³/mol. The van der Waals surface area contributed by atoms with Crippen molar-refractivity contribution in [1.29, 1.82) is 0 Å². The fourth-order valence-corrected chi connectivity index (χ4v) is 3.07. The standard InChI is InChI=1S/C14H19ClFNO/c15-11-8-10(4-5-12(11)16)13(18)14(9-17)6-2-1-3-7-14/h4-5,8,13,18H,1-3,6-7,9,17H2. The van der Waals surface area contributed by atoms with Crippen LogP contribution in [0.1, 0.15) is 43.8 Å². The first-order valence-corrected chi connectivity index (χ1v) is 6.80. The second-order valence-corrected chi connectivity index (χ2v) is 5.61. The quantitative estimate of drug-likeness (QED) is 0.885. The summed E-state index contributed by atoms with van der Waals surface area (Å²) in [5.41, 5.74) is 6.26. The van der Waals surface area contributed by atoms with Gasteiger partial charge in [-0.05, 0) is 30.5 Å². The average Bonchev–Trinajstić information content (AvgIpc) is 2.42. The normalized spacial score (nSPS) is 20.7. The van der Waals surface area contributed by atoms with Crippen LogP contribution in [-0.2, 0) is 0 Å². The van der Waals surface area contributed by atoms with Crippen molar-refractivity contribution in [3.05, 3.63) is 34.6 Å². The monoisotopic (exact) mass is 271 g/mol. The molecule has 2 rings (SSSR count). The molecule has 3 N–H and O–H groups in total. The molecule has 2 nitrogen and oxygen atoms in total. The van der Waals surface area contributed by atoms with Crippen LogP contribution in [0.25, 0.3) is 0 Å². The Labute approximate surface area is 112 Å². The van der Waals surface area contributed by atoms with Crippen LogP contribution in [0.5, 0.6) is 0 Å². The SMILES string of the molecule is NCC1(C(O)c2ccc(F)c(Cl)c2)CCCCC1. The van der Waals surface area contributed by atoms with E-state index < -0.39 is 11.9 Å². The van der Waals surface area contributed by atoms with Gasteiger partial charge >= 0.3 is 0 Å². The number of aliphatic hydroxyl groups is 1.